The van der Waals surface area contributed by atoms with Crippen LogP contribution in [0, 0.1) is 64.6 Å². The van der Waals surface area contributed by atoms with Gasteiger partial charge in [0.15, 0.2) is 0 Å². The summed E-state index contributed by atoms with van der Waals surface area (Å²) in [5, 5.41) is 0. The number of fused-ring (bicyclic) bond motifs is 7. The molecule has 5 saturated carbocycles. The molecule has 0 radical (unpaired) electrons. The molecule has 9 unspecified atom stereocenters. The molecule has 0 heteroatoms. The van der Waals surface area contributed by atoms with Crippen LogP contribution in [0.3, 0.4) is 0 Å². The molecule has 0 bridgehead atoms. The Morgan fingerprint density at radius 3 is 2.48 bits per heavy atom. The topological polar surface area (TPSA) is 0 Å². The maximum Gasteiger partial charge on any atom is -0.0118 e. The molecule has 0 spiro atoms. The van der Waals surface area contributed by atoms with Gasteiger partial charge in [0, 0.05) is 0 Å². The van der Waals surface area contributed by atoms with E-state index < -0.39 is 0 Å². The second-order valence-corrected chi connectivity index (χ2v) is 11.3. The molecular weight excluding hydrogens is 300 g/mol. The zero-order valence-corrected chi connectivity index (χ0v) is 17.1. The zero-order chi connectivity index (χ0) is 17.5. The second-order valence-electron chi connectivity index (χ2n) is 11.3. The normalized spacial score (nSPS) is 59.4. The average molecular weight is 341 g/mol. The molecule has 0 aromatic heterocycles. The Morgan fingerprint density at radius 1 is 1.00 bits per heavy atom. The molecule has 5 aliphatic carbocycles. The summed E-state index contributed by atoms with van der Waals surface area (Å²) in [7, 11) is 0. The fourth-order valence-electron chi connectivity index (χ4n) is 9.63. The highest BCUT2D eigenvalue weighted by Gasteiger charge is 2.72. The maximum atomic E-state index is 4.47. The molecule has 0 saturated heterocycles. The third-order valence-electron chi connectivity index (χ3n) is 10.5. The summed E-state index contributed by atoms with van der Waals surface area (Å²) in [5.41, 5.74) is 2.11. The van der Waals surface area contributed by atoms with Crippen molar-refractivity contribution in [2.24, 2.45) is 64.6 Å². The molecule has 5 aliphatic rings. The largest absolute Gasteiger partial charge is 0.0998 e. The molecule has 11 atom stereocenters. The lowest BCUT2D eigenvalue weighted by Crippen LogP contribution is -2.50. The summed E-state index contributed by atoms with van der Waals surface area (Å²) in [5.74, 6) is 10.3. The number of hydrogen-bond acceptors (Lipinski definition) is 0. The van der Waals surface area contributed by atoms with Crippen LogP contribution in [0.5, 0.6) is 0 Å². The van der Waals surface area contributed by atoms with Gasteiger partial charge in [0.1, 0.15) is 0 Å². The fourth-order valence-corrected chi connectivity index (χ4v) is 9.63. The van der Waals surface area contributed by atoms with Crippen LogP contribution in [0.4, 0.5) is 0 Å². The van der Waals surface area contributed by atoms with Crippen LogP contribution >= 0.6 is 0 Å². The predicted octanol–water partition coefficient (Wildman–Crippen LogP) is 6.96. The van der Waals surface area contributed by atoms with E-state index in [-0.39, 0.29) is 0 Å². The first-order valence-corrected chi connectivity index (χ1v) is 11.6. The number of rotatable bonds is 2. The van der Waals surface area contributed by atoms with Gasteiger partial charge in [-0.3, -0.25) is 0 Å². The molecule has 140 valence electrons. The van der Waals surface area contributed by atoms with E-state index >= 15 is 0 Å². The summed E-state index contributed by atoms with van der Waals surface area (Å²) in [6.07, 6.45) is 12.3. The van der Waals surface area contributed by atoms with E-state index in [2.05, 4.69) is 34.3 Å². The van der Waals surface area contributed by atoms with Gasteiger partial charge in [-0.05, 0) is 110 Å². The quantitative estimate of drug-likeness (QED) is 0.477. The Labute approximate surface area is 156 Å². The van der Waals surface area contributed by atoms with E-state index in [1.807, 2.05) is 0 Å². The highest BCUT2D eigenvalue weighted by atomic mass is 14.8. The van der Waals surface area contributed by atoms with Gasteiger partial charge in [-0.15, -0.1) is 0 Å². The zero-order valence-electron chi connectivity index (χ0n) is 17.1. The Balaban J connectivity index is 1.42. The van der Waals surface area contributed by atoms with Gasteiger partial charge in [0.05, 0.1) is 0 Å². The first kappa shape index (κ1) is 16.9. The maximum absolute atomic E-state index is 4.47. The second kappa shape index (κ2) is 5.62. The summed E-state index contributed by atoms with van der Waals surface area (Å²) < 4.78 is 0. The SMILES string of the molecule is C=C(C)C1C2C(C3C4CCC5CC(CC)CC[C@@H]5C4CCC13C)[C@@H]2C. The standard InChI is InChI=1S/C25H40/c1-6-16-7-9-18-17(13-16)8-10-20-19(18)11-12-25(5)23(14(2)3)21-15(4)22(21)24(20)25/h15-24H,2,6-13H2,1,3-5H3/t15-,16?,17?,18+,19?,20?,21?,22?,23?,24?,25?/m1/s1. The van der Waals surface area contributed by atoms with Crippen molar-refractivity contribution < 1.29 is 0 Å². The van der Waals surface area contributed by atoms with Gasteiger partial charge >= 0.3 is 0 Å². The van der Waals surface area contributed by atoms with Crippen molar-refractivity contribution in [1.82, 2.24) is 0 Å². The minimum atomic E-state index is 0.600. The van der Waals surface area contributed by atoms with Crippen LogP contribution in [-0.2, 0) is 0 Å². The summed E-state index contributed by atoms with van der Waals surface area (Å²) in [4.78, 5) is 0. The molecule has 0 amide bonds. The number of allylic oxidation sites excluding steroid dienone is 1. The lowest BCUT2D eigenvalue weighted by molar-refractivity contribution is -0.0795. The van der Waals surface area contributed by atoms with Crippen molar-refractivity contribution in [3.05, 3.63) is 12.2 Å². The van der Waals surface area contributed by atoms with Crippen molar-refractivity contribution in [2.45, 2.75) is 79.1 Å². The Kier molecular flexibility index (Phi) is 3.79. The Hall–Kier alpha value is -0.260. The van der Waals surface area contributed by atoms with E-state index in [9.17, 15) is 0 Å². The third-order valence-corrected chi connectivity index (χ3v) is 10.5. The minimum absolute atomic E-state index is 0.600. The van der Waals surface area contributed by atoms with Crippen LogP contribution in [0.2, 0.25) is 0 Å². The van der Waals surface area contributed by atoms with E-state index in [4.69, 9.17) is 0 Å². The van der Waals surface area contributed by atoms with E-state index in [1.54, 1.807) is 38.5 Å². The molecule has 0 nitrogen and oxygen atoms in total. The molecule has 5 rings (SSSR count). The lowest BCUT2D eigenvalue weighted by Gasteiger charge is -2.57. The first-order chi connectivity index (χ1) is 12.0. The van der Waals surface area contributed by atoms with Crippen molar-refractivity contribution in [3.63, 3.8) is 0 Å². The Morgan fingerprint density at radius 2 is 1.76 bits per heavy atom. The summed E-state index contributed by atoms with van der Waals surface area (Å²) in [6, 6.07) is 0. The highest BCUT2D eigenvalue weighted by Crippen LogP contribution is 2.77. The summed E-state index contributed by atoms with van der Waals surface area (Å²) in [6.45, 7) is 14.5. The smallest absolute Gasteiger partial charge is 0.0118 e. The van der Waals surface area contributed by atoms with Gasteiger partial charge in [-0.2, -0.15) is 0 Å². The fraction of sp³-hybridized carbons (Fsp3) is 0.920. The molecule has 0 aromatic rings. The van der Waals surface area contributed by atoms with E-state index in [0.717, 1.165) is 59.2 Å². The van der Waals surface area contributed by atoms with Crippen LogP contribution in [0.15, 0.2) is 12.2 Å². The van der Waals surface area contributed by atoms with Crippen molar-refractivity contribution in [1.29, 1.82) is 0 Å². The van der Waals surface area contributed by atoms with Gasteiger partial charge < -0.3 is 0 Å². The predicted molar refractivity (Wildman–Crippen MR) is 106 cm³/mol. The van der Waals surface area contributed by atoms with Crippen LogP contribution in [0.1, 0.15) is 79.1 Å². The number of hydrogen-bond donors (Lipinski definition) is 0. The van der Waals surface area contributed by atoms with Gasteiger partial charge in [0.25, 0.3) is 0 Å². The van der Waals surface area contributed by atoms with Crippen molar-refractivity contribution in [3.8, 4) is 0 Å². The molecule has 5 fully saturated rings. The van der Waals surface area contributed by atoms with E-state index in [0.29, 0.717) is 5.41 Å². The van der Waals surface area contributed by atoms with Crippen LogP contribution < -0.4 is 0 Å². The van der Waals surface area contributed by atoms with Gasteiger partial charge in [-0.25, -0.2) is 0 Å². The molecular formula is C25H40. The summed E-state index contributed by atoms with van der Waals surface area (Å²) >= 11 is 0. The minimum Gasteiger partial charge on any atom is -0.0998 e. The van der Waals surface area contributed by atoms with Crippen LogP contribution in [0.25, 0.3) is 0 Å². The Bertz CT molecular complexity index is 560. The monoisotopic (exact) mass is 340 g/mol. The lowest BCUT2D eigenvalue weighted by atomic mass is 9.47. The average Bonchev–Trinajstić information content (AvgIpc) is 3.11. The van der Waals surface area contributed by atoms with Gasteiger partial charge in [0.2, 0.25) is 0 Å². The molecule has 0 heterocycles. The molecule has 0 aliphatic heterocycles. The van der Waals surface area contributed by atoms with Crippen molar-refractivity contribution >= 4 is 0 Å². The van der Waals surface area contributed by atoms with Crippen LogP contribution in [-0.4, -0.2) is 0 Å². The molecule has 0 N–H and O–H groups in total. The third kappa shape index (κ3) is 2.18. The molecule has 0 aromatic carbocycles. The van der Waals surface area contributed by atoms with E-state index in [1.165, 1.54) is 18.4 Å². The van der Waals surface area contributed by atoms with Gasteiger partial charge in [-0.1, -0.05) is 45.8 Å². The highest BCUT2D eigenvalue weighted by molar-refractivity contribution is 5.26. The molecule has 25 heavy (non-hydrogen) atoms. The van der Waals surface area contributed by atoms with Crippen molar-refractivity contribution in [2.75, 3.05) is 0 Å². The first-order valence-electron chi connectivity index (χ1n) is 11.6.